The van der Waals surface area contributed by atoms with E-state index in [-0.39, 0.29) is 5.97 Å². The highest BCUT2D eigenvalue weighted by Gasteiger charge is 2.14. The molecule has 0 spiro atoms. The van der Waals surface area contributed by atoms with Gasteiger partial charge in [-0.3, -0.25) is 0 Å². The summed E-state index contributed by atoms with van der Waals surface area (Å²) in [6.07, 6.45) is 0. The van der Waals surface area contributed by atoms with Gasteiger partial charge in [-0.05, 0) is 23.1 Å². The molecule has 1 aromatic heterocycles. The topological polar surface area (TPSA) is 26.3 Å². The fourth-order valence-corrected chi connectivity index (χ4v) is 2.46. The summed E-state index contributed by atoms with van der Waals surface area (Å²) in [4.78, 5) is 11.5. The van der Waals surface area contributed by atoms with Crippen LogP contribution in [0.3, 0.4) is 0 Å². The van der Waals surface area contributed by atoms with Gasteiger partial charge in [0.1, 0.15) is 0 Å². The number of hydrogen-bond acceptors (Lipinski definition) is 3. The first kappa shape index (κ1) is 11.2. The third-order valence-electron chi connectivity index (χ3n) is 2.20. The molecule has 0 aliphatic carbocycles. The third-order valence-corrected chi connectivity index (χ3v) is 3.18. The molecule has 0 aliphatic heterocycles. The summed E-state index contributed by atoms with van der Waals surface area (Å²) >= 11 is 7.38. The molecule has 0 radical (unpaired) electrons. The first-order valence-electron chi connectivity index (χ1n) is 4.63. The molecule has 16 heavy (non-hydrogen) atoms. The Morgan fingerprint density at radius 3 is 2.88 bits per heavy atom. The Labute approximate surface area is 102 Å². The molecule has 0 N–H and O–H groups in total. The Bertz CT molecular complexity index is 519. The fraction of sp³-hybridized carbons (Fsp3) is 0.0833. The number of methoxy groups -OCH3 is 1. The summed E-state index contributed by atoms with van der Waals surface area (Å²) in [6, 6.07) is 7.40. The molecule has 0 saturated heterocycles. The lowest BCUT2D eigenvalue weighted by atomic mass is 10.1. The number of carbonyl (C=O) groups is 1. The van der Waals surface area contributed by atoms with Crippen LogP contribution in [0.15, 0.2) is 35.0 Å². The van der Waals surface area contributed by atoms with Gasteiger partial charge in [0.15, 0.2) is 0 Å². The summed E-state index contributed by atoms with van der Waals surface area (Å²) in [5.41, 5.74) is 2.36. The summed E-state index contributed by atoms with van der Waals surface area (Å²) in [5.74, 6) is -0.323. The lowest BCUT2D eigenvalue weighted by molar-refractivity contribution is 0.0602. The van der Waals surface area contributed by atoms with Crippen molar-refractivity contribution in [3.63, 3.8) is 0 Å². The van der Waals surface area contributed by atoms with Crippen molar-refractivity contribution in [1.29, 1.82) is 0 Å². The second-order valence-corrected chi connectivity index (χ2v) is 4.38. The highest BCUT2D eigenvalue weighted by molar-refractivity contribution is 7.08. The first-order valence-corrected chi connectivity index (χ1v) is 5.95. The van der Waals surface area contributed by atoms with E-state index in [0.717, 1.165) is 11.1 Å². The molecule has 0 saturated carbocycles. The molecule has 0 atom stereocenters. The van der Waals surface area contributed by atoms with Gasteiger partial charge in [0.2, 0.25) is 0 Å². The van der Waals surface area contributed by atoms with Gasteiger partial charge in [-0.15, -0.1) is 0 Å². The van der Waals surface area contributed by atoms with Crippen LogP contribution in [0.2, 0.25) is 5.02 Å². The Balaban J connectivity index is 2.48. The van der Waals surface area contributed by atoms with Gasteiger partial charge < -0.3 is 4.74 Å². The zero-order chi connectivity index (χ0) is 11.5. The van der Waals surface area contributed by atoms with E-state index < -0.39 is 0 Å². The standard InChI is InChI=1S/C12H9ClO2S/c1-15-12(14)11-7-16-6-10(11)8-3-2-4-9(13)5-8/h2-7H,1H3. The van der Waals surface area contributed by atoms with E-state index in [1.54, 1.807) is 11.4 Å². The summed E-state index contributed by atoms with van der Waals surface area (Å²) in [6.45, 7) is 0. The highest BCUT2D eigenvalue weighted by atomic mass is 35.5. The number of carbonyl (C=O) groups excluding carboxylic acids is 1. The van der Waals surface area contributed by atoms with Crippen LogP contribution in [-0.4, -0.2) is 13.1 Å². The van der Waals surface area contributed by atoms with Crippen molar-refractivity contribution in [2.45, 2.75) is 0 Å². The highest BCUT2D eigenvalue weighted by Crippen LogP contribution is 2.29. The molecule has 1 heterocycles. The van der Waals surface area contributed by atoms with E-state index in [1.807, 2.05) is 23.6 Å². The van der Waals surface area contributed by atoms with E-state index in [2.05, 4.69) is 0 Å². The van der Waals surface area contributed by atoms with Crippen LogP contribution in [0.1, 0.15) is 10.4 Å². The third kappa shape index (κ3) is 2.10. The molecule has 1 aromatic carbocycles. The number of thiophene rings is 1. The monoisotopic (exact) mass is 252 g/mol. The van der Waals surface area contributed by atoms with Gasteiger partial charge in [0, 0.05) is 16.0 Å². The van der Waals surface area contributed by atoms with Crippen LogP contribution in [0.25, 0.3) is 11.1 Å². The van der Waals surface area contributed by atoms with Gasteiger partial charge >= 0.3 is 5.97 Å². The molecular weight excluding hydrogens is 244 g/mol. The maximum atomic E-state index is 11.5. The Morgan fingerprint density at radius 1 is 1.38 bits per heavy atom. The summed E-state index contributed by atoms with van der Waals surface area (Å²) in [7, 11) is 1.38. The van der Waals surface area contributed by atoms with E-state index in [9.17, 15) is 4.79 Å². The van der Waals surface area contributed by atoms with Crippen LogP contribution in [0.4, 0.5) is 0 Å². The molecule has 2 aromatic rings. The minimum atomic E-state index is -0.323. The lowest BCUT2D eigenvalue weighted by Crippen LogP contribution is -2.00. The van der Waals surface area contributed by atoms with Gasteiger partial charge in [0.05, 0.1) is 12.7 Å². The summed E-state index contributed by atoms with van der Waals surface area (Å²) in [5, 5.41) is 4.35. The minimum Gasteiger partial charge on any atom is -0.465 e. The van der Waals surface area contributed by atoms with E-state index >= 15 is 0 Å². The van der Waals surface area contributed by atoms with Gasteiger partial charge in [-0.2, -0.15) is 11.3 Å². The molecule has 2 nitrogen and oxygen atoms in total. The van der Waals surface area contributed by atoms with Crippen LogP contribution in [0.5, 0.6) is 0 Å². The first-order chi connectivity index (χ1) is 7.72. The molecule has 0 amide bonds. The second kappa shape index (κ2) is 4.68. The Kier molecular flexibility index (Phi) is 3.27. The van der Waals surface area contributed by atoms with Crippen molar-refractivity contribution in [2.24, 2.45) is 0 Å². The zero-order valence-corrected chi connectivity index (χ0v) is 10.1. The maximum absolute atomic E-state index is 11.5. The molecular formula is C12H9ClO2S. The van der Waals surface area contributed by atoms with Crippen LogP contribution in [-0.2, 0) is 4.74 Å². The Hall–Kier alpha value is -1.32. The van der Waals surface area contributed by atoms with Crippen LogP contribution in [0, 0.1) is 0 Å². The lowest BCUT2D eigenvalue weighted by Gasteiger charge is -2.03. The number of ether oxygens (including phenoxy) is 1. The van der Waals surface area contributed by atoms with Crippen molar-refractivity contribution >= 4 is 28.9 Å². The largest absolute Gasteiger partial charge is 0.465 e. The second-order valence-electron chi connectivity index (χ2n) is 3.20. The van der Waals surface area contributed by atoms with Gasteiger partial charge in [-0.1, -0.05) is 23.7 Å². The molecule has 82 valence electrons. The average molecular weight is 253 g/mol. The predicted octanol–water partition coefficient (Wildman–Crippen LogP) is 3.86. The quantitative estimate of drug-likeness (QED) is 0.759. The van der Waals surface area contributed by atoms with Crippen molar-refractivity contribution in [1.82, 2.24) is 0 Å². The molecule has 0 fully saturated rings. The predicted molar refractivity (Wildman–Crippen MR) is 66.1 cm³/mol. The van der Waals surface area contributed by atoms with Crippen molar-refractivity contribution in [2.75, 3.05) is 7.11 Å². The molecule has 0 unspecified atom stereocenters. The van der Waals surface area contributed by atoms with Crippen LogP contribution < -0.4 is 0 Å². The molecule has 4 heteroatoms. The molecule has 0 bridgehead atoms. The summed E-state index contributed by atoms with van der Waals surface area (Å²) < 4.78 is 4.72. The minimum absolute atomic E-state index is 0.323. The van der Waals surface area contributed by atoms with E-state index in [1.165, 1.54) is 18.4 Å². The normalized spacial score (nSPS) is 10.1. The molecule has 2 rings (SSSR count). The maximum Gasteiger partial charge on any atom is 0.339 e. The van der Waals surface area contributed by atoms with Crippen molar-refractivity contribution < 1.29 is 9.53 Å². The Morgan fingerprint density at radius 2 is 2.19 bits per heavy atom. The fourth-order valence-electron chi connectivity index (χ4n) is 1.44. The van der Waals surface area contributed by atoms with Gasteiger partial charge in [-0.25, -0.2) is 4.79 Å². The number of rotatable bonds is 2. The SMILES string of the molecule is COC(=O)c1cscc1-c1cccc(Cl)c1. The van der Waals surface area contributed by atoms with E-state index in [0.29, 0.717) is 10.6 Å². The average Bonchev–Trinajstić information content (AvgIpc) is 2.77. The number of hydrogen-bond donors (Lipinski definition) is 0. The van der Waals surface area contributed by atoms with Gasteiger partial charge in [0.25, 0.3) is 0 Å². The zero-order valence-electron chi connectivity index (χ0n) is 8.57. The van der Waals surface area contributed by atoms with Crippen LogP contribution >= 0.6 is 22.9 Å². The van der Waals surface area contributed by atoms with Crippen molar-refractivity contribution in [3.8, 4) is 11.1 Å². The molecule has 0 aliphatic rings. The smallest absolute Gasteiger partial charge is 0.339 e. The number of benzene rings is 1. The number of halogens is 1. The number of esters is 1. The van der Waals surface area contributed by atoms with Crippen molar-refractivity contribution in [3.05, 3.63) is 45.6 Å². The van der Waals surface area contributed by atoms with E-state index in [4.69, 9.17) is 16.3 Å².